The van der Waals surface area contributed by atoms with Crippen molar-refractivity contribution in [1.29, 1.82) is 0 Å². The Morgan fingerprint density at radius 3 is 2.91 bits per heavy atom. The number of para-hydroxylation sites is 1. The number of nitrogens with one attached hydrogen (secondary N) is 2. The fraction of sp³-hybridized carbons (Fsp3) is 0. The van der Waals surface area contributed by atoms with Crippen LogP contribution in [-0.2, 0) is 4.79 Å². The molecule has 4 rings (SSSR count). The topological polar surface area (TPSA) is 83.0 Å². The van der Waals surface area contributed by atoms with Gasteiger partial charge in [0.2, 0.25) is 0 Å². The molecule has 0 fully saturated rings. The minimum Gasteiger partial charge on any atom is -0.361 e. The molecule has 0 bridgehead atoms. The highest BCUT2D eigenvalue weighted by Crippen LogP contribution is 2.22. The minimum absolute atomic E-state index is 0.245. The van der Waals surface area contributed by atoms with Crippen molar-refractivity contribution in [3.63, 3.8) is 0 Å². The smallest absolute Gasteiger partial charge is 0.273 e. The first-order valence-corrected chi connectivity index (χ1v) is 6.75. The number of nitrogens with zero attached hydrogens (tertiary/aromatic N) is 3. The number of amides is 1. The van der Waals surface area contributed by atoms with Gasteiger partial charge < -0.3 is 4.98 Å². The Balaban J connectivity index is 1.83. The second kappa shape index (κ2) is 4.92. The van der Waals surface area contributed by atoms with Crippen LogP contribution in [0, 0.1) is 0 Å². The molecule has 0 radical (unpaired) electrons. The van der Waals surface area contributed by atoms with Gasteiger partial charge >= 0.3 is 0 Å². The van der Waals surface area contributed by atoms with Gasteiger partial charge in [0.05, 0.1) is 11.8 Å². The van der Waals surface area contributed by atoms with Gasteiger partial charge in [0.15, 0.2) is 0 Å². The summed E-state index contributed by atoms with van der Waals surface area (Å²) in [5.41, 5.74) is 5.97. The van der Waals surface area contributed by atoms with Crippen molar-refractivity contribution in [2.45, 2.75) is 0 Å². The summed E-state index contributed by atoms with van der Waals surface area (Å²) < 4.78 is 0. The molecular weight excluding hydrogens is 278 g/mol. The van der Waals surface area contributed by atoms with E-state index in [-0.39, 0.29) is 5.91 Å². The lowest BCUT2D eigenvalue weighted by Gasteiger charge is -2.00. The molecule has 0 spiro atoms. The van der Waals surface area contributed by atoms with Crippen molar-refractivity contribution in [2.75, 3.05) is 0 Å². The quantitative estimate of drug-likeness (QED) is 0.706. The third-order valence-electron chi connectivity index (χ3n) is 3.50. The zero-order chi connectivity index (χ0) is 14.9. The summed E-state index contributed by atoms with van der Waals surface area (Å²) >= 11 is 0. The van der Waals surface area contributed by atoms with Crippen LogP contribution in [0.5, 0.6) is 0 Å². The van der Waals surface area contributed by atoms with Crippen LogP contribution in [0.4, 0.5) is 0 Å². The average Bonchev–Trinajstić information content (AvgIpc) is 3.14. The van der Waals surface area contributed by atoms with E-state index in [2.05, 4.69) is 25.5 Å². The predicted molar refractivity (Wildman–Crippen MR) is 83.0 cm³/mol. The Hall–Kier alpha value is -3.28. The second-order valence-corrected chi connectivity index (χ2v) is 4.84. The number of hydrazone groups is 1. The standard InChI is InChI=1S/C16H11N5O/c22-16-12(15(20-21-16)14-9-17-5-6-18-14)7-10-8-19-13-4-2-1-3-11(10)13/h1-9,19H,(H,21,22)/b12-7-. The third-order valence-corrected chi connectivity index (χ3v) is 3.50. The molecule has 2 N–H and O–H groups in total. The highest BCUT2D eigenvalue weighted by Gasteiger charge is 2.25. The molecule has 1 aliphatic heterocycles. The van der Waals surface area contributed by atoms with Gasteiger partial charge in [0.25, 0.3) is 5.91 Å². The summed E-state index contributed by atoms with van der Waals surface area (Å²) in [6.45, 7) is 0. The van der Waals surface area contributed by atoms with Crippen molar-refractivity contribution < 1.29 is 4.79 Å². The molecule has 0 saturated heterocycles. The second-order valence-electron chi connectivity index (χ2n) is 4.84. The molecular formula is C16H11N5O. The van der Waals surface area contributed by atoms with Gasteiger partial charge in [-0.1, -0.05) is 18.2 Å². The first-order valence-electron chi connectivity index (χ1n) is 6.75. The lowest BCUT2D eigenvalue weighted by Crippen LogP contribution is -2.14. The highest BCUT2D eigenvalue weighted by atomic mass is 16.2. The maximum Gasteiger partial charge on any atom is 0.273 e. The number of benzene rings is 1. The predicted octanol–water partition coefficient (Wildman–Crippen LogP) is 1.88. The number of hydrogen-bond acceptors (Lipinski definition) is 4. The van der Waals surface area contributed by atoms with Gasteiger partial charge in [-0.05, 0) is 12.1 Å². The normalized spacial score (nSPS) is 16.1. The molecule has 6 nitrogen and oxygen atoms in total. The van der Waals surface area contributed by atoms with Gasteiger partial charge in [0, 0.05) is 35.1 Å². The van der Waals surface area contributed by atoms with Crippen molar-refractivity contribution in [2.24, 2.45) is 5.10 Å². The summed E-state index contributed by atoms with van der Waals surface area (Å²) in [5.74, 6) is -0.245. The summed E-state index contributed by atoms with van der Waals surface area (Å²) in [5, 5.41) is 5.11. The van der Waals surface area contributed by atoms with Crippen LogP contribution in [0.3, 0.4) is 0 Å². The lowest BCUT2D eigenvalue weighted by molar-refractivity contribution is -0.116. The van der Waals surface area contributed by atoms with Gasteiger partial charge in [-0.3, -0.25) is 14.8 Å². The Labute approximate surface area is 125 Å². The van der Waals surface area contributed by atoms with Crippen LogP contribution in [-0.4, -0.2) is 26.6 Å². The molecule has 0 saturated carbocycles. The molecule has 3 heterocycles. The van der Waals surface area contributed by atoms with Gasteiger partial charge in [-0.15, -0.1) is 0 Å². The zero-order valence-corrected chi connectivity index (χ0v) is 11.4. The molecule has 0 aliphatic carbocycles. The minimum atomic E-state index is -0.245. The Morgan fingerprint density at radius 2 is 2.05 bits per heavy atom. The highest BCUT2D eigenvalue weighted by molar-refractivity contribution is 6.32. The van der Waals surface area contributed by atoms with E-state index in [0.29, 0.717) is 17.0 Å². The van der Waals surface area contributed by atoms with Gasteiger partial charge in [-0.2, -0.15) is 5.10 Å². The van der Waals surface area contributed by atoms with Crippen LogP contribution in [0.15, 0.2) is 59.7 Å². The molecule has 1 aliphatic rings. The zero-order valence-electron chi connectivity index (χ0n) is 11.4. The molecule has 2 aromatic heterocycles. The van der Waals surface area contributed by atoms with E-state index in [1.165, 1.54) is 0 Å². The number of H-pyrrole nitrogens is 1. The first-order chi connectivity index (χ1) is 10.8. The summed E-state index contributed by atoms with van der Waals surface area (Å²) in [6.07, 6.45) is 8.43. The van der Waals surface area contributed by atoms with Gasteiger partial charge in [-0.25, -0.2) is 5.43 Å². The summed E-state index contributed by atoms with van der Waals surface area (Å²) in [7, 11) is 0. The fourth-order valence-corrected chi connectivity index (χ4v) is 2.45. The summed E-state index contributed by atoms with van der Waals surface area (Å²) in [6, 6.07) is 7.92. The largest absolute Gasteiger partial charge is 0.361 e. The van der Waals surface area contributed by atoms with Crippen LogP contribution < -0.4 is 5.43 Å². The number of aromatic amines is 1. The van der Waals surface area contributed by atoms with Crippen LogP contribution in [0.1, 0.15) is 11.3 Å². The fourth-order valence-electron chi connectivity index (χ4n) is 2.45. The molecule has 0 atom stereocenters. The molecule has 0 unspecified atom stereocenters. The van der Waals surface area contributed by atoms with Crippen LogP contribution in [0.2, 0.25) is 0 Å². The SMILES string of the molecule is O=C1NN=C(c2cnccn2)/C1=C/c1c[nH]c2ccccc12. The van der Waals surface area contributed by atoms with E-state index in [0.717, 1.165) is 16.5 Å². The molecule has 6 heteroatoms. The van der Waals surface area contributed by atoms with Crippen molar-refractivity contribution in [1.82, 2.24) is 20.4 Å². The number of carbonyl (C=O) groups is 1. The van der Waals surface area contributed by atoms with E-state index in [1.807, 2.05) is 36.5 Å². The van der Waals surface area contributed by atoms with Crippen LogP contribution in [0.25, 0.3) is 17.0 Å². The van der Waals surface area contributed by atoms with Crippen molar-refractivity contribution >= 4 is 28.6 Å². The monoisotopic (exact) mass is 289 g/mol. The molecule has 1 amide bonds. The number of aromatic nitrogens is 3. The molecule has 106 valence electrons. The van der Waals surface area contributed by atoms with Crippen LogP contribution >= 0.6 is 0 Å². The first kappa shape index (κ1) is 12.5. The van der Waals surface area contributed by atoms with Gasteiger partial charge in [0.1, 0.15) is 11.4 Å². The Morgan fingerprint density at radius 1 is 1.14 bits per heavy atom. The molecule has 22 heavy (non-hydrogen) atoms. The van der Waals surface area contributed by atoms with E-state index < -0.39 is 0 Å². The van der Waals surface area contributed by atoms with E-state index >= 15 is 0 Å². The lowest BCUT2D eigenvalue weighted by atomic mass is 10.0. The van der Waals surface area contributed by atoms with E-state index in [4.69, 9.17) is 0 Å². The maximum absolute atomic E-state index is 12.1. The number of rotatable bonds is 2. The van der Waals surface area contributed by atoms with Crippen molar-refractivity contribution in [3.05, 3.63) is 65.9 Å². The number of fused-ring (bicyclic) bond motifs is 1. The number of hydrogen-bond donors (Lipinski definition) is 2. The average molecular weight is 289 g/mol. The van der Waals surface area contributed by atoms with Crippen molar-refractivity contribution in [3.8, 4) is 0 Å². The summed E-state index contributed by atoms with van der Waals surface area (Å²) in [4.78, 5) is 23.5. The molecule has 1 aromatic carbocycles. The Bertz CT molecular complexity index is 924. The maximum atomic E-state index is 12.1. The van der Waals surface area contributed by atoms with E-state index in [1.54, 1.807) is 18.6 Å². The Kier molecular flexibility index (Phi) is 2.79. The third kappa shape index (κ3) is 1.98. The number of carbonyl (C=O) groups excluding carboxylic acids is 1. The molecule has 3 aromatic rings. The van der Waals surface area contributed by atoms with E-state index in [9.17, 15) is 4.79 Å².